The van der Waals surface area contributed by atoms with Crippen LogP contribution < -0.4 is 5.32 Å². The third-order valence-corrected chi connectivity index (χ3v) is 22.4. The van der Waals surface area contributed by atoms with Crippen molar-refractivity contribution in [1.29, 1.82) is 0 Å². The first-order chi connectivity index (χ1) is 65.3. The predicted octanol–water partition coefficient (Wildman–Crippen LogP) is 12.1. The minimum atomic E-state index is -2.34. The summed E-state index contributed by atoms with van der Waals surface area (Å²) in [5.74, 6) is -12.6. The van der Waals surface area contributed by atoms with E-state index in [9.17, 15) is 33.6 Å². The second-order valence-corrected chi connectivity index (χ2v) is 34.4. The van der Waals surface area contributed by atoms with E-state index in [4.69, 9.17) is 151 Å². The van der Waals surface area contributed by atoms with Gasteiger partial charge in [0.1, 0.15) is 49.6 Å². The molecule has 8 aromatic rings. The van der Waals surface area contributed by atoms with E-state index in [0.717, 1.165) is 20.8 Å². The number of alkyl halides is 4. The molecule has 25 atom stereocenters. The van der Waals surface area contributed by atoms with Gasteiger partial charge in [0.05, 0.1) is 70.0 Å². The SMILES string of the molecule is CC(=O)OC[C@H]1O[C@@H](O[C@@H]2[C@@H](OC(=O)c3ccccc3)[C@H](C)O[C@@H](OCc3ccccc3)[C@@H]2O[C@@H]2O[C@@H](C)[C@H](OC(=O)c3ccccc3)[C@@H](OC(=O)c3ccccc3)[C@H]2O[C@@H]2O[C@@H](C)[C@H](OC(=O)c3ccccc3)[C@@H](O[C@@H]3O[C@@H](C)[C@H](OC(=O)c4ccccc4)[C@@H](OC(=O)CCl)[C@H]3OC(=O)c3ccccc3)[C@H]2OC(=O)c2ccccc2)[C@H](NC(=O)OCC(Cl)(Cl)Cl)[C@@H](OC(C)=O)[C@@H]1OC(C)=O. The molecule has 0 aliphatic carbocycles. The van der Waals surface area contributed by atoms with Crippen molar-refractivity contribution in [3.05, 3.63) is 287 Å². The zero-order valence-electron chi connectivity index (χ0n) is 73.7. The summed E-state index contributed by atoms with van der Waals surface area (Å²) in [7, 11) is 0. The number of amides is 1. The molecule has 0 saturated carbocycles. The number of carbonyl (C=O) groups excluding carboxylic acids is 12. The molecule has 5 aliphatic rings. The number of ether oxygens (including phenoxy) is 22. The Morgan fingerprint density at radius 3 is 0.941 bits per heavy atom. The van der Waals surface area contributed by atoms with Crippen molar-refractivity contribution < 1.29 is 162 Å². The van der Waals surface area contributed by atoms with Gasteiger partial charge in [-0.1, -0.05) is 193 Å². The normalized spacial score (nSPS) is 28.1. The number of hydrogen-bond donors (Lipinski definition) is 1. The largest absolute Gasteiger partial charge is 0.463 e. The van der Waals surface area contributed by atoms with Crippen molar-refractivity contribution >= 4 is 118 Å². The van der Waals surface area contributed by atoms with Gasteiger partial charge in [-0.15, -0.1) is 11.6 Å². The average Bonchev–Trinajstić information content (AvgIpc) is 0.752. The molecule has 0 bridgehead atoms. The number of esters is 11. The van der Waals surface area contributed by atoms with Crippen LogP contribution in [-0.4, -0.2) is 248 Å². The number of benzene rings is 8. The molecule has 35 nitrogen and oxygen atoms in total. The molecule has 0 unspecified atom stereocenters. The molecular formula is C97H95Cl4NO34. The van der Waals surface area contributed by atoms with Crippen LogP contribution in [0, 0.1) is 0 Å². The van der Waals surface area contributed by atoms with Gasteiger partial charge in [0.25, 0.3) is 0 Å². The van der Waals surface area contributed by atoms with Crippen molar-refractivity contribution in [2.45, 2.75) is 212 Å². The van der Waals surface area contributed by atoms with Gasteiger partial charge in [-0.25, -0.2) is 38.4 Å². The number of rotatable bonds is 33. The molecule has 0 spiro atoms. The molecule has 8 aromatic carbocycles. The van der Waals surface area contributed by atoms with E-state index in [-0.39, 0.29) is 45.6 Å². The van der Waals surface area contributed by atoms with Crippen molar-refractivity contribution in [2.75, 3.05) is 19.1 Å². The lowest BCUT2D eigenvalue weighted by Crippen LogP contribution is -2.70. The Kier molecular flexibility index (Phi) is 35.5. The van der Waals surface area contributed by atoms with Crippen molar-refractivity contribution in [3.8, 4) is 0 Å². The molecule has 5 saturated heterocycles. The number of hydrogen-bond acceptors (Lipinski definition) is 34. The van der Waals surface area contributed by atoms with Gasteiger partial charge in [-0.2, -0.15) is 0 Å². The number of alkyl carbamates (subject to hydrolysis) is 1. The second-order valence-electron chi connectivity index (χ2n) is 31.6. The number of nitrogens with one attached hydrogen (secondary N) is 1. The highest BCUT2D eigenvalue weighted by atomic mass is 35.6. The summed E-state index contributed by atoms with van der Waals surface area (Å²) < 4.78 is 143. The van der Waals surface area contributed by atoms with Gasteiger partial charge in [-0.3, -0.25) is 19.2 Å². The maximum Gasteiger partial charge on any atom is 0.407 e. The van der Waals surface area contributed by atoms with Gasteiger partial charge in [-0.05, 0) is 118 Å². The average molecular weight is 1960 g/mol. The van der Waals surface area contributed by atoms with Crippen LogP contribution in [0.1, 0.15) is 127 Å². The van der Waals surface area contributed by atoms with Crippen LogP contribution in [-0.2, 0) is 130 Å². The van der Waals surface area contributed by atoms with E-state index in [1.54, 1.807) is 84.9 Å². The number of carbonyl (C=O) groups is 12. The Morgan fingerprint density at radius 2 is 0.588 bits per heavy atom. The Labute approximate surface area is 799 Å². The summed E-state index contributed by atoms with van der Waals surface area (Å²) in [4.78, 5) is 174. The topological polar surface area (TPSA) is 420 Å². The van der Waals surface area contributed by atoms with Crippen molar-refractivity contribution in [2.24, 2.45) is 0 Å². The van der Waals surface area contributed by atoms with E-state index in [1.807, 2.05) is 0 Å². The van der Waals surface area contributed by atoms with Crippen LogP contribution in [0.3, 0.4) is 0 Å². The molecular weight excluding hydrogens is 1860 g/mol. The minimum Gasteiger partial charge on any atom is -0.463 e. The van der Waals surface area contributed by atoms with E-state index >= 15 is 24.0 Å². The van der Waals surface area contributed by atoms with Gasteiger partial charge < -0.3 is 110 Å². The maximum atomic E-state index is 15.7. The quantitative estimate of drug-likeness (QED) is 0.0227. The Hall–Kier alpha value is -12.0. The molecule has 5 aliphatic heterocycles. The predicted molar refractivity (Wildman–Crippen MR) is 473 cm³/mol. The summed E-state index contributed by atoms with van der Waals surface area (Å²) in [6, 6.07) is 58.8. The molecule has 5 fully saturated rings. The summed E-state index contributed by atoms with van der Waals surface area (Å²) in [6.45, 7) is 6.46. The summed E-state index contributed by atoms with van der Waals surface area (Å²) in [5, 5.41) is 2.51. The summed E-state index contributed by atoms with van der Waals surface area (Å²) >= 11 is 24.6. The van der Waals surface area contributed by atoms with E-state index in [0.29, 0.717) is 5.56 Å². The summed E-state index contributed by atoms with van der Waals surface area (Å²) in [6.07, 6.45) is -48.7. The highest BCUT2D eigenvalue weighted by Crippen LogP contribution is 2.43. The highest BCUT2D eigenvalue weighted by molar-refractivity contribution is 6.67. The fraction of sp³-hybridized carbons (Fsp3) is 0.381. The molecule has 136 heavy (non-hydrogen) atoms. The first kappa shape index (κ1) is 101. The number of halogens is 4. The zero-order chi connectivity index (χ0) is 96.9. The minimum absolute atomic E-state index is 0.0152. The zero-order valence-corrected chi connectivity index (χ0v) is 76.8. The lowest BCUT2D eigenvalue weighted by molar-refractivity contribution is -0.402. The lowest BCUT2D eigenvalue weighted by Gasteiger charge is -2.52. The fourth-order valence-electron chi connectivity index (χ4n) is 15.5. The van der Waals surface area contributed by atoms with Crippen LogP contribution in [0.4, 0.5) is 4.79 Å². The highest BCUT2D eigenvalue weighted by Gasteiger charge is 2.63. The summed E-state index contributed by atoms with van der Waals surface area (Å²) in [5.41, 5.74) is -0.0461. The molecule has 5 heterocycles. The third-order valence-electron chi connectivity index (χ3n) is 21.8. The molecule has 720 valence electrons. The molecule has 0 radical (unpaired) electrons. The van der Waals surface area contributed by atoms with Gasteiger partial charge >= 0.3 is 71.8 Å². The maximum absolute atomic E-state index is 15.7. The van der Waals surface area contributed by atoms with Crippen molar-refractivity contribution in [1.82, 2.24) is 5.32 Å². The molecule has 1 amide bonds. The van der Waals surface area contributed by atoms with Gasteiger partial charge in [0.15, 0.2) is 98.6 Å². The van der Waals surface area contributed by atoms with Crippen LogP contribution in [0.2, 0.25) is 0 Å². The first-order valence-corrected chi connectivity index (χ1v) is 44.6. The monoisotopic (exact) mass is 1960 g/mol. The van der Waals surface area contributed by atoms with Gasteiger partial charge in [0.2, 0.25) is 3.79 Å². The van der Waals surface area contributed by atoms with Crippen molar-refractivity contribution in [3.63, 3.8) is 0 Å². The Balaban J connectivity index is 1.03. The first-order valence-electron chi connectivity index (χ1n) is 43.0. The van der Waals surface area contributed by atoms with E-state index < -0.39 is 248 Å². The van der Waals surface area contributed by atoms with Crippen LogP contribution in [0.15, 0.2) is 243 Å². The van der Waals surface area contributed by atoms with E-state index in [2.05, 4.69) is 5.32 Å². The smallest absolute Gasteiger partial charge is 0.407 e. The second kappa shape index (κ2) is 47.6. The molecule has 1 N–H and O–H groups in total. The van der Waals surface area contributed by atoms with Crippen LogP contribution in [0.25, 0.3) is 0 Å². The lowest BCUT2D eigenvalue weighted by atomic mass is 9.94. The van der Waals surface area contributed by atoms with Crippen LogP contribution in [0.5, 0.6) is 0 Å². The molecule has 39 heteroatoms. The Bertz CT molecular complexity index is 5380. The molecule has 13 rings (SSSR count). The standard InChI is InChI=1S/C97H95Cl4NO34/c1-52-72(128-86(109)62-38-22-11-23-39-62)78(133-91-69(102-96(114)117-51-97(99,100)101)75(123-58(7)105)74(122-57(6)104)67(124-91)50-115-56(5)103)80(92(118-52)116-49-59-32-16-8-17-33-59)135-95-83(77(130-88(111)64-42-26-13-27-43-64)71(54(3)121-95)127-85(108)61-36-20-10-21-37-61)136-94-82(132-90(113)66-46-30-15-31-47-66)79(73(55(4)120-94)129-87(110)63-40-24-12-25-41-63)134-93-81(131-89(112)65-44-28-14-29-45-65)76(125-68(106)48-98)70(53(2)119-93)126-84(107)60-34-18-9-19-35-60/h8-47,52-55,67,69-83,91-95H,48-51H2,1-7H3,(H,102,114)/t52-,53-,54-,55-,67+,69+,70-,71-,72-,73-,74+,75+,76+,77+,78+,79+,80+,81+,82+,83+,91-,92+,93-,94-,95-/m0/s1. The third kappa shape index (κ3) is 26.8. The van der Waals surface area contributed by atoms with Crippen LogP contribution >= 0.6 is 46.4 Å². The Morgan fingerprint density at radius 1 is 0.301 bits per heavy atom. The fourth-order valence-corrected chi connectivity index (χ4v) is 15.8. The van der Waals surface area contributed by atoms with E-state index in [1.165, 1.54) is 185 Å². The molecule has 0 aromatic heterocycles. The van der Waals surface area contributed by atoms with Gasteiger partial charge in [0, 0.05) is 20.8 Å².